The maximum Gasteiger partial charge on any atom is 0.306 e. The molecule has 1 fully saturated rings. The zero-order chi connectivity index (χ0) is 12.4. The maximum atomic E-state index is 11.0. The Bertz CT molecular complexity index is 614. The second-order valence-electron chi connectivity index (χ2n) is 4.57. The Balaban J connectivity index is 1.90. The van der Waals surface area contributed by atoms with E-state index >= 15 is 0 Å². The lowest BCUT2D eigenvalue weighted by Gasteiger charge is -2.14. The number of carbonyl (C=O) groups excluding carboxylic acids is 1. The Kier molecular flexibility index (Phi) is 2.85. The van der Waals surface area contributed by atoms with Crippen molar-refractivity contribution in [2.75, 3.05) is 6.61 Å². The molecular formula is C16H14O2. The van der Waals surface area contributed by atoms with Gasteiger partial charge < -0.3 is 4.74 Å². The van der Waals surface area contributed by atoms with Crippen LogP contribution in [0.15, 0.2) is 48.0 Å². The first-order valence-electron chi connectivity index (χ1n) is 6.15. The number of cyclic esters (lactones) is 1. The molecule has 0 spiro atoms. The largest absolute Gasteiger partial charge is 0.461 e. The van der Waals surface area contributed by atoms with E-state index in [4.69, 9.17) is 4.74 Å². The van der Waals surface area contributed by atoms with E-state index in [-0.39, 0.29) is 5.97 Å². The summed E-state index contributed by atoms with van der Waals surface area (Å²) >= 11 is 0. The van der Waals surface area contributed by atoms with Crippen LogP contribution in [0.4, 0.5) is 0 Å². The summed E-state index contributed by atoms with van der Waals surface area (Å²) in [5.74, 6) is -0.0920. The second-order valence-corrected chi connectivity index (χ2v) is 4.57. The van der Waals surface area contributed by atoms with Gasteiger partial charge in [0.15, 0.2) is 0 Å². The topological polar surface area (TPSA) is 26.3 Å². The second kappa shape index (κ2) is 4.65. The van der Waals surface area contributed by atoms with Gasteiger partial charge in [0.1, 0.15) is 6.61 Å². The molecule has 18 heavy (non-hydrogen) atoms. The molecule has 0 atom stereocenters. The van der Waals surface area contributed by atoms with Crippen LogP contribution < -0.4 is 0 Å². The van der Waals surface area contributed by atoms with Crippen molar-refractivity contribution in [3.63, 3.8) is 0 Å². The molecule has 2 aromatic carbocycles. The van der Waals surface area contributed by atoms with Gasteiger partial charge in [0.05, 0.1) is 0 Å². The van der Waals surface area contributed by atoms with E-state index < -0.39 is 0 Å². The molecule has 1 heterocycles. The van der Waals surface area contributed by atoms with E-state index in [1.165, 1.54) is 21.9 Å². The van der Waals surface area contributed by atoms with Crippen LogP contribution in [0.3, 0.4) is 0 Å². The van der Waals surface area contributed by atoms with Gasteiger partial charge >= 0.3 is 5.97 Å². The van der Waals surface area contributed by atoms with Gasteiger partial charge in [-0.15, -0.1) is 0 Å². The van der Waals surface area contributed by atoms with Crippen molar-refractivity contribution in [2.24, 2.45) is 0 Å². The summed E-state index contributed by atoms with van der Waals surface area (Å²) in [5.41, 5.74) is 2.35. The zero-order valence-corrected chi connectivity index (χ0v) is 10.1. The fraction of sp³-hybridized carbons (Fsp3) is 0.188. The first-order chi connectivity index (χ1) is 8.81. The van der Waals surface area contributed by atoms with Gasteiger partial charge in [0.25, 0.3) is 0 Å². The number of ether oxygens (including phenoxy) is 1. The highest BCUT2D eigenvalue weighted by atomic mass is 16.5. The van der Waals surface area contributed by atoms with Crippen molar-refractivity contribution >= 4 is 22.8 Å². The van der Waals surface area contributed by atoms with E-state index in [1.54, 1.807) is 0 Å². The number of rotatable bonds is 1. The van der Waals surface area contributed by atoms with Gasteiger partial charge in [0, 0.05) is 6.42 Å². The highest BCUT2D eigenvalue weighted by Crippen LogP contribution is 2.20. The third-order valence-corrected chi connectivity index (χ3v) is 3.21. The first-order valence-corrected chi connectivity index (χ1v) is 6.15. The molecule has 2 aromatic rings. The summed E-state index contributed by atoms with van der Waals surface area (Å²) in [6.45, 7) is 0.436. The molecule has 0 amide bonds. The molecule has 1 saturated heterocycles. The monoisotopic (exact) mass is 238 g/mol. The fourth-order valence-corrected chi connectivity index (χ4v) is 2.23. The minimum atomic E-state index is -0.0920. The van der Waals surface area contributed by atoms with Crippen LogP contribution in [-0.2, 0) is 9.53 Å². The van der Waals surface area contributed by atoms with Crippen LogP contribution in [0.2, 0.25) is 0 Å². The molecule has 2 heteroatoms. The van der Waals surface area contributed by atoms with Crippen LogP contribution in [0.25, 0.3) is 16.8 Å². The van der Waals surface area contributed by atoms with Crippen molar-refractivity contribution in [2.45, 2.75) is 12.8 Å². The number of hydrogen-bond acceptors (Lipinski definition) is 2. The molecule has 0 aromatic heterocycles. The van der Waals surface area contributed by atoms with Gasteiger partial charge in [-0.3, -0.25) is 4.79 Å². The van der Waals surface area contributed by atoms with Gasteiger partial charge in [-0.25, -0.2) is 0 Å². The predicted octanol–water partition coefficient (Wildman–Crippen LogP) is 3.56. The Labute approximate surface area is 106 Å². The molecule has 2 nitrogen and oxygen atoms in total. The summed E-state index contributed by atoms with van der Waals surface area (Å²) in [6.07, 6.45) is 3.43. The predicted molar refractivity (Wildman–Crippen MR) is 72.1 cm³/mol. The van der Waals surface area contributed by atoms with Gasteiger partial charge in [-0.2, -0.15) is 0 Å². The van der Waals surface area contributed by atoms with Crippen LogP contribution in [0.5, 0.6) is 0 Å². The minimum Gasteiger partial charge on any atom is -0.461 e. The Morgan fingerprint density at radius 2 is 1.83 bits per heavy atom. The van der Waals surface area contributed by atoms with E-state index in [9.17, 15) is 4.79 Å². The highest BCUT2D eigenvalue weighted by molar-refractivity contribution is 5.85. The van der Waals surface area contributed by atoms with E-state index in [0.717, 1.165) is 6.42 Å². The third-order valence-electron chi connectivity index (χ3n) is 3.21. The maximum absolute atomic E-state index is 11.0. The molecular weight excluding hydrogens is 224 g/mol. The fourth-order valence-electron chi connectivity index (χ4n) is 2.23. The van der Waals surface area contributed by atoms with E-state index in [1.807, 2.05) is 12.1 Å². The summed E-state index contributed by atoms with van der Waals surface area (Å²) in [7, 11) is 0. The number of benzene rings is 2. The van der Waals surface area contributed by atoms with Crippen molar-refractivity contribution in [3.05, 3.63) is 53.6 Å². The van der Waals surface area contributed by atoms with E-state index in [0.29, 0.717) is 13.0 Å². The summed E-state index contributed by atoms with van der Waals surface area (Å²) in [6, 6.07) is 14.7. The van der Waals surface area contributed by atoms with Gasteiger partial charge in [-0.1, -0.05) is 42.5 Å². The highest BCUT2D eigenvalue weighted by Gasteiger charge is 2.13. The summed E-state index contributed by atoms with van der Waals surface area (Å²) in [4.78, 5) is 11.0. The quantitative estimate of drug-likeness (QED) is 0.710. The molecule has 3 rings (SSSR count). The summed E-state index contributed by atoms with van der Waals surface area (Å²) < 4.78 is 5.04. The normalized spacial score (nSPS) is 18.0. The molecule has 0 aliphatic carbocycles. The average molecular weight is 238 g/mol. The van der Waals surface area contributed by atoms with Crippen molar-refractivity contribution < 1.29 is 9.53 Å². The standard InChI is InChI=1S/C16H14O2/c17-16-8-6-13(11-18-16)9-12-5-7-14-3-1-2-4-15(14)10-12/h1-5,7,9-10H,6,8,11H2/b13-9+. The average Bonchev–Trinajstić information content (AvgIpc) is 2.41. The molecule has 1 aliphatic rings. The molecule has 0 radical (unpaired) electrons. The Morgan fingerprint density at radius 1 is 1.00 bits per heavy atom. The SMILES string of the molecule is O=C1CC/C(=C\c2ccc3ccccc3c2)CO1. The lowest BCUT2D eigenvalue weighted by Crippen LogP contribution is -2.14. The number of carbonyl (C=O) groups is 1. The third kappa shape index (κ3) is 2.28. The number of hydrogen-bond donors (Lipinski definition) is 0. The Morgan fingerprint density at radius 3 is 2.61 bits per heavy atom. The summed E-state index contributed by atoms with van der Waals surface area (Å²) in [5, 5.41) is 2.48. The lowest BCUT2D eigenvalue weighted by atomic mass is 10.0. The number of fused-ring (bicyclic) bond motifs is 1. The molecule has 90 valence electrons. The van der Waals surface area contributed by atoms with E-state index in [2.05, 4.69) is 36.4 Å². The zero-order valence-electron chi connectivity index (χ0n) is 10.1. The minimum absolute atomic E-state index is 0.0920. The molecule has 0 saturated carbocycles. The molecule has 0 N–H and O–H groups in total. The van der Waals surface area contributed by atoms with Crippen LogP contribution >= 0.6 is 0 Å². The van der Waals surface area contributed by atoms with Gasteiger partial charge in [0.2, 0.25) is 0 Å². The van der Waals surface area contributed by atoms with Crippen molar-refractivity contribution in [1.29, 1.82) is 0 Å². The van der Waals surface area contributed by atoms with Crippen LogP contribution in [-0.4, -0.2) is 12.6 Å². The molecule has 1 aliphatic heterocycles. The van der Waals surface area contributed by atoms with Crippen molar-refractivity contribution in [1.82, 2.24) is 0 Å². The van der Waals surface area contributed by atoms with Crippen LogP contribution in [0, 0.1) is 0 Å². The van der Waals surface area contributed by atoms with Crippen LogP contribution in [0.1, 0.15) is 18.4 Å². The molecule has 0 unspecified atom stereocenters. The van der Waals surface area contributed by atoms with Gasteiger partial charge in [-0.05, 0) is 34.4 Å². The molecule has 0 bridgehead atoms. The smallest absolute Gasteiger partial charge is 0.306 e. The van der Waals surface area contributed by atoms with Crippen molar-refractivity contribution in [3.8, 4) is 0 Å². The lowest BCUT2D eigenvalue weighted by molar-refractivity contribution is -0.144. The first kappa shape index (κ1) is 11.0. The number of esters is 1. The Hall–Kier alpha value is -2.09.